The average Bonchev–Trinajstić information content (AvgIpc) is 2.83. The Labute approximate surface area is 192 Å². The van der Waals surface area contributed by atoms with Gasteiger partial charge >= 0.3 is 5.97 Å². The lowest BCUT2D eigenvalue weighted by Crippen LogP contribution is -2.40. The zero-order valence-corrected chi connectivity index (χ0v) is 19.1. The van der Waals surface area contributed by atoms with Gasteiger partial charge in [0.1, 0.15) is 0 Å². The van der Waals surface area contributed by atoms with Crippen molar-refractivity contribution in [3.63, 3.8) is 0 Å². The number of esters is 1. The van der Waals surface area contributed by atoms with Gasteiger partial charge in [-0.05, 0) is 99.2 Å². The number of nitrogens with zero attached hydrogens (tertiary/aromatic N) is 1. The predicted octanol–water partition coefficient (Wildman–Crippen LogP) is 7.21. The molecule has 4 atom stereocenters. The Morgan fingerprint density at radius 2 is 1.88 bits per heavy atom. The number of ether oxygens (including phenoxy) is 1. The molecule has 1 aromatic rings. The molecular weight excluding hydrogens is 401 g/mol. The molecule has 0 aromatic heterocycles. The average molecular weight is 438 g/mol. The fraction of sp³-hybridized carbons (Fsp3) is 0.643. The molecule has 32 heavy (non-hydrogen) atoms. The minimum absolute atomic E-state index is 0.0574. The molecule has 3 nitrogen and oxygen atoms in total. The van der Waals surface area contributed by atoms with Crippen LogP contribution in [0.5, 0.6) is 5.75 Å². The summed E-state index contributed by atoms with van der Waals surface area (Å²) in [6, 6.07) is 5.93. The molecular formula is C28H36FNO2. The SMILES string of the molecule is C=CCCC1CCC(C2CCC3C(CCCC3C(=O)Oc3ccc(C#N)cc3F)C2)CC1. The van der Waals surface area contributed by atoms with Gasteiger partial charge in [-0.1, -0.05) is 31.8 Å². The zero-order valence-electron chi connectivity index (χ0n) is 19.1. The number of carbonyl (C=O) groups is 1. The van der Waals surface area contributed by atoms with E-state index in [1.807, 2.05) is 12.1 Å². The van der Waals surface area contributed by atoms with Crippen LogP contribution in [0.15, 0.2) is 30.9 Å². The number of nitriles is 1. The highest BCUT2D eigenvalue weighted by molar-refractivity contribution is 5.75. The van der Waals surface area contributed by atoms with E-state index >= 15 is 0 Å². The van der Waals surface area contributed by atoms with Gasteiger partial charge in [0.15, 0.2) is 11.6 Å². The monoisotopic (exact) mass is 437 g/mol. The van der Waals surface area contributed by atoms with E-state index in [0.29, 0.717) is 11.8 Å². The molecule has 3 aliphatic rings. The third-order valence-electron chi connectivity index (χ3n) is 8.60. The van der Waals surface area contributed by atoms with Gasteiger partial charge in [-0.3, -0.25) is 4.79 Å². The summed E-state index contributed by atoms with van der Waals surface area (Å²) in [5.74, 6) is 2.41. The minimum Gasteiger partial charge on any atom is -0.423 e. The first-order valence-electron chi connectivity index (χ1n) is 12.6. The zero-order chi connectivity index (χ0) is 22.5. The van der Waals surface area contributed by atoms with E-state index in [2.05, 4.69) is 6.58 Å². The number of halogens is 1. The predicted molar refractivity (Wildman–Crippen MR) is 123 cm³/mol. The molecule has 0 radical (unpaired) electrons. The molecule has 0 amide bonds. The third kappa shape index (κ3) is 5.25. The van der Waals surface area contributed by atoms with Gasteiger partial charge in [-0.2, -0.15) is 5.26 Å². The van der Waals surface area contributed by atoms with Crippen molar-refractivity contribution in [2.75, 3.05) is 0 Å². The van der Waals surface area contributed by atoms with E-state index in [1.54, 1.807) is 0 Å². The van der Waals surface area contributed by atoms with Crippen molar-refractivity contribution in [2.24, 2.45) is 35.5 Å². The topological polar surface area (TPSA) is 50.1 Å². The van der Waals surface area contributed by atoms with Crippen molar-refractivity contribution in [3.8, 4) is 11.8 Å². The molecule has 0 spiro atoms. The van der Waals surface area contributed by atoms with Gasteiger partial charge in [0.05, 0.1) is 17.6 Å². The van der Waals surface area contributed by atoms with Crippen molar-refractivity contribution in [2.45, 2.75) is 77.0 Å². The van der Waals surface area contributed by atoms with E-state index in [4.69, 9.17) is 10.00 Å². The first-order chi connectivity index (χ1) is 15.6. The summed E-state index contributed by atoms with van der Waals surface area (Å²) in [5.41, 5.74) is 0.230. The van der Waals surface area contributed by atoms with Gasteiger partial charge in [-0.25, -0.2) is 4.39 Å². The molecule has 3 fully saturated rings. The number of hydrogen-bond donors (Lipinski definition) is 0. The maximum atomic E-state index is 14.2. The molecule has 172 valence electrons. The van der Waals surface area contributed by atoms with Gasteiger partial charge in [0.25, 0.3) is 0 Å². The second kappa shape index (κ2) is 10.6. The quantitative estimate of drug-likeness (QED) is 0.268. The van der Waals surface area contributed by atoms with Crippen LogP contribution in [-0.4, -0.2) is 5.97 Å². The highest BCUT2D eigenvalue weighted by Gasteiger charge is 2.43. The second-order valence-electron chi connectivity index (χ2n) is 10.4. The lowest BCUT2D eigenvalue weighted by molar-refractivity contribution is -0.144. The largest absolute Gasteiger partial charge is 0.423 e. The van der Waals surface area contributed by atoms with Crippen molar-refractivity contribution in [3.05, 3.63) is 42.2 Å². The van der Waals surface area contributed by atoms with Crippen molar-refractivity contribution in [1.29, 1.82) is 5.26 Å². The molecule has 0 bridgehead atoms. The summed E-state index contributed by atoms with van der Waals surface area (Å²) in [6.45, 7) is 3.86. The van der Waals surface area contributed by atoms with E-state index < -0.39 is 5.82 Å². The Bertz CT molecular complexity index is 851. The number of benzene rings is 1. The highest BCUT2D eigenvalue weighted by atomic mass is 19.1. The first kappa shape index (κ1) is 23.0. The van der Waals surface area contributed by atoms with Crippen LogP contribution >= 0.6 is 0 Å². The molecule has 0 N–H and O–H groups in total. The Balaban J connectivity index is 1.32. The normalized spacial score (nSPS) is 32.4. The van der Waals surface area contributed by atoms with Gasteiger partial charge in [0.2, 0.25) is 0 Å². The molecule has 0 heterocycles. The number of hydrogen-bond acceptors (Lipinski definition) is 3. The summed E-state index contributed by atoms with van der Waals surface area (Å²) < 4.78 is 19.7. The lowest BCUT2D eigenvalue weighted by atomic mass is 9.59. The Hall–Kier alpha value is -2.15. The summed E-state index contributed by atoms with van der Waals surface area (Å²) in [5, 5.41) is 8.90. The van der Waals surface area contributed by atoms with Gasteiger partial charge in [0, 0.05) is 0 Å². The van der Waals surface area contributed by atoms with Crippen LogP contribution < -0.4 is 4.74 Å². The van der Waals surface area contributed by atoms with Crippen molar-refractivity contribution in [1.82, 2.24) is 0 Å². The van der Waals surface area contributed by atoms with Crippen LogP contribution in [0.2, 0.25) is 0 Å². The molecule has 0 saturated heterocycles. The molecule has 3 aliphatic carbocycles. The number of allylic oxidation sites excluding steroid dienone is 1. The van der Waals surface area contributed by atoms with E-state index in [0.717, 1.165) is 49.5 Å². The summed E-state index contributed by atoms with van der Waals surface area (Å²) in [4.78, 5) is 13.0. The maximum absolute atomic E-state index is 14.2. The first-order valence-corrected chi connectivity index (χ1v) is 12.6. The summed E-state index contributed by atoms with van der Waals surface area (Å²) >= 11 is 0. The molecule has 4 rings (SSSR count). The smallest absolute Gasteiger partial charge is 0.314 e. The summed E-state index contributed by atoms with van der Waals surface area (Å²) in [6.07, 6.45) is 16.7. The minimum atomic E-state index is -0.642. The van der Waals surface area contributed by atoms with Crippen LogP contribution in [0.4, 0.5) is 4.39 Å². The van der Waals surface area contributed by atoms with Crippen LogP contribution in [0.25, 0.3) is 0 Å². The third-order valence-corrected chi connectivity index (χ3v) is 8.60. The fourth-order valence-electron chi connectivity index (χ4n) is 6.86. The van der Waals surface area contributed by atoms with Crippen LogP contribution in [0.3, 0.4) is 0 Å². The number of fused-ring (bicyclic) bond motifs is 1. The fourth-order valence-corrected chi connectivity index (χ4v) is 6.86. The molecule has 0 aliphatic heterocycles. The standard InChI is InChI=1S/C28H36FNO2/c1-2-3-5-19-8-11-21(12-9-19)22-13-14-24-23(17-22)6-4-7-25(24)28(31)32-27-15-10-20(18-30)16-26(27)29/h2,10,15-16,19,21-25H,1,3-9,11-14,17H2. The Morgan fingerprint density at radius 1 is 1.09 bits per heavy atom. The van der Waals surface area contributed by atoms with Gasteiger partial charge < -0.3 is 4.74 Å². The van der Waals surface area contributed by atoms with E-state index in [1.165, 1.54) is 63.5 Å². The molecule has 4 heteroatoms. The van der Waals surface area contributed by atoms with Crippen molar-refractivity contribution < 1.29 is 13.9 Å². The van der Waals surface area contributed by atoms with Gasteiger partial charge in [-0.15, -0.1) is 6.58 Å². The second-order valence-corrected chi connectivity index (χ2v) is 10.4. The van der Waals surface area contributed by atoms with Crippen LogP contribution in [-0.2, 0) is 4.79 Å². The Morgan fingerprint density at radius 3 is 2.59 bits per heavy atom. The lowest BCUT2D eigenvalue weighted by Gasteiger charge is -2.46. The number of carbonyl (C=O) groups excluding carboxylic acids is 1. The van der Waals surface area contributed by atoms with Crippen molar-refractivity contribution >= 4 is 5.97 Å². The maximum Gasteiger partial charge on any atom is 0.314 e. The van der Waals surface area contributed by atoms with E-state index in [9.17, 15) is 9.18 Å². The number of rotatable bonds is 6. The summed E-state index contributed by atoms with van der Waals surface area (Å²) in [7, 11) is 0. The van der Waals surface area contributed by atoms with E-state index in [-0.39, 0.29) is 23.2 Å². The highest BCUT2D eigenvalue weighted by Crippen LogP contribution is 2.50. The van der Waals surface area contributed by atoms with Crippen LogP contribution in [0, 0.1) is 52.7 Å². The molecule has 3 saturated carbocycles. The van der Waals surface area contributed by atoms with Crippen LogP contribution in [0.1, 0.15) is 82.6 Å². The molecule has 1 aromatic carbocycles. The Kier molecular flexibility index (Phi) is 7.66. The molecule has 4 unspecified atom stereocenters.